The molecule has 0 aromatic heterocycles. The second-order valence-corrected chi connectivity index (χ2v) is 6.24. The van der Waals surface area contributed by atoms with Gasteiger partial charge >= 0.3 is 0 Å². The fraction of sp³-hybridized carbons (Fsp3) is 0.0667. The van der Waals surface area contributed by atoms with Crippen molar-refractivity contribution in [2.75, 3.05) is 7.05 Å². The molecule has 6 nitrogen and oxygen atoms in total. The molecular formula is C15H12N2O4S. The number of hydrogen-bond acceptors (Lipinski definition) is 4. The topological polar surface area (TPSA) is 80.5 Å². The highest BCUT2D eigenvalue weighted by Gasteiger charge is 2.27. The Balaban J connectivity index is 2.40. The van der Waals surface area contributed by atoms with Gasteiger partial charge in [0.05, 0.1) is 4.92 Å². The Labute approximate surface area is 128 Å². The molecular weight excluding hydrogens is 304 g/mol. The van der Waals surface area contributed by atoms with E-state index in [0.29, 0.717) is 5.56 Å². The van der Waals surface area contributed by atoms with Gasteiger partial charge in [0.25, 0.3) is 15.7 Å². The number of benzene rings is 2. The van der Waals surface area contributed by atoms with E-state index >= 15 is 0 Å². The molecule has 0 aliphatic carbocycles. The van der Waals surface area contributed by atoms with Crippen LogP contribution in [0.4, 0.5) is 5.69 Å². The van der Waals surface area contributed by atoms with Crippen LogP contribution in [0, 0.1) is 22.1 Å². The summed E-state index contributed by atoms with van der Waals surface area (Å²) in [6.07, 6.45) is 0. The second kappa shape index (κ2) is 6.28. The molecule has 0 amide bonds. The molecule has 0 aliphatic heterocycles. The SMILES string of the molecule is CN(C#Cc1ccccc1)S(=O)(=O)c1ccccc1[N+](=O)[O-]. The minimum absolute atomic E-state index is 0.384. The fourth-order valence-corrected chi connectivity index (χ4v) is 2.82. The number of para-hydroxylation sites is 1. The van der Waals surface area contributed by atoms with Gasteiger partial charge in [-0.3, -0.25) is 10.1 Å². The molecule has 0 heterocycles. The van der Waals surface area contributed by atoms with Crippen LogP contribution in [0.3, 0.4) is 0 Å². The van der Waals surface area contributed by atoms with Gasteiger partial charge in [0.15, 0.2) is 4.90 Å². The minimum atomic E-state index is -4.07. The van der Waals surface area contributed by atoms with Gasteiger partial charge in [-0.1, -0.05) is 30.3 Å². The molecule has 0 saturated carbocycles. The highest BCUT2D eigenvalue weighted by atomic mass is 32.2. The van der Waals surface area contributed by atoms with E-state index in [2.05, 4.69) is 12.0 Å². The Morgan fingerprint density at radius 3 is 2.27 bits per heavy atom. The maximum Gasteiger partial charge on any atom is 0.289 e. The van der Waals surface area contributed by atoms with Crippen LogP contribution in [-0.2, 0) is 10.0 Å². The summed E-state index contributed by atoms with van der Waals surface area (Å²) in [4.78, 5) is 9.84. The lowest BCUT2D eigenvalue weighted by Gasteiger charge is -2.12. The van der Waals surface area contributed by atoms with Crippen molar-refractivity contribution >= 4 is 15.7 Å². The summed E-state index contributed by atoms with van der Waals surface area (Å²) in [7, 11) is -2.81. The van der Waals surface area contributed by atoms with Crippen LogP contribution in [0.5, 0.6) is 0 Å². The van der Waals surface area contributed by atoms with E-state index in [1.165, 1.54) is 25.2 Å². The van der Waals surface area contributed by atoms with Crippen LogP contribution in [0.2, 0.25) is 0 Å². The average molecular weight is 316 g/mol. The third kappa shape index (κ3) is 3.24. The van der Waals surface area contributed by atoms with Gasteiger partial charge in [0, 0.05) is 24.7 Å². The zero-order chi connectivity index (χ0) is 16.2. The highest BCUT2D eigenvalue weighted by molar-refractivity contribution is 7.89. The largest absolute Gasteiger partial charge is 0.289 e. The molecule has 0 radical (unpaired) electrons. The van der Waals surface area contributed by atoms with E-state index in [1.54, 1.807) is 24.3 Å². The highest BCUT2D eigenvalue weighted by Crippen LogP contribution is 2.25. The molecule has 112 valence electrons. The number of hydrogen-bond donors (Lipinski definition) is 0. The monoisotopic (exact) mass is 316 g/mol. The van der Waals surface area contributed by atoms with Gasteiger partial charge in [0.2, 0.25) is 0 Å². The molecule has 22 heavy (non-hydrogen) atoms. The zero-order valence-corrected chi connectivity index (χ0v) is 12.4. The fourth-order valence-electron chi connectivity index (χ4n) is 1.70. The molecule has 0 saturated heterocycles. The van der Waals surface area contributed by atoms with Crippen molar-refractivity contribution in [3.8, 4) is 12.0 Å². The van der Waals surface area contributed by atoms with Gasteiger partial charge in [-0.15, -0.1) is 0 Å². The summed E-state index contributed by atoms with van der Waals surface area (Å²) in [6, 6.07) is 16.5. The third-order valence-corrected chi connectivity index (χ3v) is 4.55. The molecule has 0 unspecified atom stereocenters. The molecule has 0 bridgehead atoms. The molecule has 2 rings (SSSR count). The van der Waals surface area contributed by atoms with Gasteiger partial charge in [-0.2, -0.15) is 0 Å². The van der Waals surface area contributed by atoms with E-state index in [4.69, 9.17) is 0 Å². The van der Waals surface area contributed by atoms with Crippen molar-refractivity contribution in [1.82, 2.24) is 4.31 Å². The first-order chi connectivity index (χ1) is 10.4. The summed E-state index contributed by atoms with van der Waals surface area (Å²) in [6.45, 7) is 0. The number of nitro groups is 1. The molecule has 0 atom stereocenters. The molecule has 0 fully saturated rings. The maximum absolute atomic E-state index is 12.4. The number of sulfonamides is 1. The van der Waals surface area contributed by atoms with Crippen LogP contribution < -0.4 is 0 Å². The van der Waals surface area contributed by atoms with E-state index in [9.17, 15) is 18.5 Å². The lowest BCUT2D eigenvalue weighted by molar-refractivity contribution is -0.387. The first kappa shape index (κ1) is 15.5. The first-order valence-electron chi connectivity index (χ1n) is 6.22. The lowest BCUT2D eigenvalue weighted by Crippen LogP contribution is -2.23. The number of nitrogens with zero attached hydrogens (tertiary/aromatic N) is 2. The Morgan fingerprint density at radius 2 is 1.64 bits per heavy atom. The average Bonchev–Trinajstić information content (AvgIpc) is 2.53. The molecule has 0 N–H and O–H groups in total. The predicted octanol–water partition coefficient (Wildman–Crippen LogP) is 2.22. The Morgan fingerprint density at radius 1 is 1.05 bits per heavy atom. The van der Waals surface area contributed by atoms with Crippen molar-refractivity contribution in [2.45, 2.75) is 4.90 Å². The Hall–Kier alpha value is -2.85. The van der Waals surface area contributed by atoms with Crippen LogP contribution in [-0.4, -0.2) is 24.7 Å². The molecule has 7 heteroatoms. The number of nitro benzene ring substituents is 1. The van der Waals surface area contributed by atoms with Gasteiger partial charge in [-0.25, -0.2) is 12.7 Å². The normalized spacial score (nSPS) is 10.4. The maximum atomic E-state index is 12.4. The smallest absolute Gasteiger partial charge is 0.258 e. The summed E-state index contributed by atoms with van der Waals surface area (Å²) in [5.74, 6) is 2.70. The van der Waals surface area contributed by atoms with Crippen LogP contribution in [0.15, 0.2) is 59.5 Å². The van der Waals surface area contributed by atoms with E-state index in [0.717, 1.165) is 10.4 Å². The molecule has 0 aliphatic rings. The van der Waals surface area contributed by atoms with Gasteiger partial charge < -0.3 is 0 Å². The van der Waals surface area contributed by atoms with E-state index < -0.39 is 20.6 Å². The minimum Gasteiger partial charge on any atom is -0.258 e. The standard InChI is InChI=1S/C15H12N2O4S/c1-16(12-11-13-7-3-2-4-8-13)22(20,21)15-10-6-5-9-14(15)17(18)19/h2-10H,1H3. The lowest BCUT2D eigenvalue weighted by atomic mass is 10.2. The van der Waals surface area contributed by atoms with Gasteiger partial charge in [-0.05, 0) is 24.1 Å². The van der Waals surface area contributed by atoms with Crippen molar-refractivity contribution < 1.29 is 13.3 Å². The summed E-state index contributed by atoms with van der Waals surface area (Å²) in [5.41, 5.74) is 0.169. The van der Waals surface area contributed by atoms with E-state index in [-0.39, 0.29) is 4.90 Å². The Bertz CT molecular complexity index is 852. The van der Waals surface area contributed by atoms with Crippen LogP contribution in [0.25, 0.3) is 0 Å². The van der Waals surface area contributed by atoms with Gasteiger partial charge in [0.1, 0.15) is 0 Å². The van der Waals surface area contributed by atoms with Crippen molar-refractivity contribution in [1.29, 1.82) is 0 Å². The molecule has 2 aromatic carbocycles. The predicted molar refractivity (Wildman–Crippen MR) is 81.4 cm³/mol. The van der Waals surface area contributed by atoms with Crippen LogP contribution >= 0.6 is 0 Å². The zero-order valence-electron chi connectivity index (χ0n) is 11.6. The van der Waals surface area contributed by atoms with Crippen molar-refractivity contribution in [2.24, 2.45) is 0 Å². The second-order valence-electron chi connectivity index (χ2n) is 4.30. The first-order valence-corrected chi connectivity index (χ1v) is 7.66. The molecule has 0 spiro atoms. The summed E-state index contributed by atoms with van der Waals surface area (Å²) >= 11 is 0. The van der Waals surface area contributed by atoms with Crippen LogP contribution in [0.1, 0.15) is 5.56 Å². The summed E-state index contributed by atoms with van der Waals surface area (Å²) < 4.78 is 25.6. The van der Waals surface area contributed by atoms with E-state index in [1.807, 2.05) is 6.07 Å². The van der Waals surface area contributed by atoms with Crippen molar-refractivity contribution in [3.63, 3.8) is 0 Å². The van der Waals surface area contributed by atoms with Crippen molar-refractivity contribution in [3.05, 3.63) is 70.3 Å². The molecule has 2 aromatic rings. The quantitative estimate of drug-likeness (QED) is 0.376. The Kier molecular flexibility index (Phi) is 4.44. The summed E-state index contributed by atoms with van der Waals surface area (Å²) in [5, 5.41) is 11.0. The number of rotatable bonds is 3. The third-order valence-electron chi connectivity index (χ3n) is 2.83.